The molecule has 378 valence electrons. The molecule has 0 aliphatic heterocycles. The molecule has 0 amide bonds. The summed E-state index contributed by atoms with van der Waals surface area (Å²) in [7, 11) is -33.6. The molecule has 0 bridgehead atoms. The van der Waals surface area contributed by atoms with Gasteiger partial charge in [0.05, 0.1) is 53.0 Å². The third-order valence-corrected chi connectivity index (χ3v) is 15.7. The number of phenolic OH excluding ortho intramolecular Hbond substituents is 1. The molecule has 0 aromatic heterocycles. The first kappa shape index (κ1) is 54.9. The Morgan fingerprint density at radius 1 is 0.486 bits per heavy atom. The van der Waals surface area contributed by atoms with Crippen molar-refractivity contribution in [3.8, 4) is 11.5 Å². The summed E-state index contributed by atoms with van der Waals surface area (Å²) in [5, 5.41) is 33.1. The Labute approximate surface area is 396 Å². The van der Waals surface area contributed by atoms with E-state index in [4.69, 9.17) is 19.6 Å². The molecule has 5 aromatic rings. The van der Waals surface area contributed by atoms with Crippen molar-refractivity contribution in [2.45, 2.75) is 24.5 Å². The van der Waals surface area contributed by atoms with Gasteiger partial charge in [-0.1, -0.05) is 0 Å². The second-order valence-electron chi connectivity index (χ2n) is 13.4. The van der Waals surface area contributed by atoms with E-state index in [0.29, 0.717) is 18.2 Å². The SMILES string of the molecule is COc1cc(N=Nc2c(S(=O)(=O)O)cc3c(N=Nc4ccc(S(=O)(=O)CCOS(=O)(=O)O)cc4S(=O)(=O)O)c(N)ccc3c2O)c(S(=O)(=O)O)cc1N=Nc1ccc(S(=O)(=O)CCOS(=O)(=O)O)cc1. The molecule has 0 saturated heterocycles. The molecule has 0 atom stereocenters. The van der Waals surface area contributed by atoms with Crippen molar-refractivity contribution in [3.05, 3.63) is 72.8 Å². The molecule has 70 heavy (non-hydrogen) atoms. The van der Waals surface area contributed by atoms with E-state index in [-0.39, 0.29) is 27.4 Å². The quantitative estimate of drug-likeness (QED) is 0.0324. The highest BCUT2D eigenvalue weighted by Crippen LogP contribution is 2.47. The Morgan fingerprint density at radius 3 is 1.50 bits per heavy atom. The summed E-state index contributed by atoms with van der Waals surface area (Å²) >= 11 is 0. The number of nitrogens with two attached hydrogens (primary N) is 1. The van der Waals surface area contributed by atoms with Gasteiger partial charge in [-0.25, -0.2) is 25.2 Å². The number of nitrogen functional groups attached to an aromatic ring is 1. The van der Waals surface area contributed by atoms with Crippen LogP contribution in [-0.2, 0) is 79.2 Å². The highest BCUT2D eigenvalue weighted by Gasteiger charge is 2.27. The van der Waals surface area contributed by atoms with E-state index in [1.165, 1.54) is 0 Å². The zero-order valence-electron chi connectivity index (χ0n) is 34.5. The second-order valence-corrected chi connectivity index (χ2v) is 24.0. The van der Waals surface area contributed by atoms with Crippen LogP contribution >= 0.6 is 0 Å². The minimum Gasteiger partial charge on any atom is -0.505 e. The normalized spacial score (nSPS) is 13.5. The van der Waals surface area contributed by atoms with Gasteiger partial charge in [-0.2, -0.15) is 47.2 Å². The van der Waals surface area contributed by atoms with E-state index in [2.05, 4.69) is 39.1 Å². The van der Waals surface area contributed by atoms with Gasteiger partial charge in [0.25, 0.3) is 30.4 Å². The molecule has 5 aromatic carbocycles. The Hall–Kier alpha value is -6.07. The molecule has 5 rings (SSSR count). The number of nitrogens with zero attached hydrogens (tertiary/aromatic N) is 6. The smallest absolute Gasteiger partial charge is 0.397 e. The van der Waals surface area contributed by atoms with Crippen LogP contribution in [-0.4, -0.2) is 119 Å². The summed E-state index contributed by atoms with van der Waals surface area (Å²) in [6.07, 6.45) is 0. The predicted molar refractivity (Wildman–Crippen MR) is 237 cm³/mol. The topological polar surface area (TPSA) is 488 Å². The highest BCUT2D eigenvalue weighted by molar-refractivity contribution is 7.92. The Bertz CT molecular complexity index is 3830. The van der Waals surface area contributed by atoms with Gasteiger partial charge >= 0.3 is 20.8 Å². The van der Waals surface area contributed by atoms with Crippen molar-refractivity contribution >= 4 is 121 Å². The van der Waals surface area contributed by atoms with Gasteiger partial charge in [-0.15, -0.1) is 25.6 Å². The molecular formula is C33H31N7O23S7. The van der Waals surface area contributed by atoms with E-state index < -0.39 is 155 Å². The van der Waals surface area contributed by atoms with Gasteiger partial charge in [-0.05, 0) is 66.7 Å². The fourth-order valence-corrected chi connectivity index (χ4v) is 10.6. The summed E-state index contributed by atoms with van der Waals surface area (Å²) in [4.78, 5) is -4.61. The van der Waals surface area contributed by atoms with Gasteiger partial charge in [0.15, 0.2) is 25.4 Å². The third kappa shape index (κ3) is 13.8. The van der Waals surface area contributed by atoms with Crippen LogP contribution in [0, 0.1) is 0 Å². The molecule has 8 N–H and O–H groups in total. The maximum absolute atomic E-state index is 12.7. The van der Waals surface area contributed by atoms with E-state index in [0.717, 1.165) is 61.7 Å². The van der Waals surface area contributed by atoms with Crippen LogP contribution in [0.25, 0.3) is 10.8 Å². The van der Waals surface area contributed by atoms with E-state index in [9.17, 15) is 77.7 Å². The summed E-state index contributed by atoms with van der Waals surface area (Å²) in [6, 6.07) is 10.5. The van der Waals surface area contributed by atoms with Crippen LogP contribution in [0.5, 0.6) is 11.5 Å². The number of benzene rings is 5. The molecule has 0 radical (unpaired) electrons. The van der Waals surface area contributed by atoms with Crippen molar-refractivity contribution in [2.24, 2.45) is 30.7 Å². The largest absolute Gasteiger partial charge is 0.505 e. The van der Waals surface area contributed by atoms with Crippen molar-refractivity contribution in [1.29, 1.82) is 0 Å². The zero-order chi connectivity index (χ0) is 52.4. The first-order valence-electron chi connectivity index (χ1n) is 18.0. The average molecular weight is 1120 g/mol. The van der Waals surface area contributed by atoms with Crippen LogP contribution in [0.3, 0.4) is 0 Å². The molecule has 37 heteroatoms. The van der Waals surface area contributed by atoms with Crippen molar-refractivity contribution in [1.82, 2.24) is 0 Å². The molecular weight excluding hydrogens is 1090 g/mol. The van der Waals surface area contributed by atoms with Gasteiger partial charge in [0, 0.05) is 16.8 Å². The number of ether oxygens (including phenoxy) is 1. The molecule has 0 aliphatic rings. The fraction of sp³-hybridized carbons (Fsp3) is 0.152. The maximum Gasteiger partial charge on any atom is 0.397 e. The van der Waals surface area contributed by atoms with Crippen molar-refractivity contribution in [2.75, 3.05) is 37.6 Å². The number of phenols is 1. The van der Waals surface area contributed by atoms with Gasteiger partial charge < -0.3 is 15.6 Å². The van der Waals surface area contributed by atoms with Crippen LogP contribution in [0.15, 0.2) is 128 Å². The van der Waals surface area contributed by atoms with Gasteiger partial charge in [0.1, 0.15) is 48.9 Å². The number of hydrogen-bond acceptors (Lipinski definition) is 25. The third-order valence-electron chi connectivity index (χ3n) is 8.77. The number of anilines is 1. The van der Waals surface area contributed by atoms with Crippen LogP contribution in [0.4, 0.5) is 39.8 Å². The van der Waals surface area contributed by atoms with Crippen LogP contribution in [0.1, 0.15) is 0 Å². The molecule has 0 unspecified atom stereocenters. The lowest BCUT2D eigenvalue weighted by Gasteiger charge is -2.12. The molecule has 30 nitrogen and oxygen atoms in total. The number of hydrogen-bond donors (Lipinski definition) is 7. The van der Waals surface area contributed by atoms with Gasteiger partial charge in [0.2, 0.25) is 0 Å². The maximum atomic E-state index is 12.7. The molecule has 0 spiro atoms. The number of methoxy groups -OCH3 is 1. The van der Waals surface area contributed by atoms with Crippen molar-refractivity contribution in [3.63, 3.8) is 0 Å². The monoisotopic (exact) mass is 1120 g/mol. The minimum atomic E-state index is -5.46. The van der Waals surface area contributed by atoms with Crippen molar-refractivity contribution < 1.29 is 99.9 Å². The van der Waals surface area contributed by atoms with Gasteiger partial charge in [-0.3, -0.25) is 22.8 Å². The van der Waals surface area contributed by atoms with Crippen LogP contribution < -0.4 is 10.5 Å². The standard InChI is InChI=1S/C33H31N7O23S7/c1-61-27-16-26(29(67(49,50)51)17-25(27)37-35-18-2-4-19(5-3-18)64(42,43)12-10-62-69(55,56)57)38-40-32-30(68(52,53)54)15-22-21(33(32)41)7-8-23(34)31(22)39-36-24-9-6-20(14-28(24)66(46,47)48)65(44,45)13-11-63-70(58,59)60/h2-9,14-17,41H,10-13,34H2,1H3,(H,46,47,48)(H,49,50,51)(H,52,53,54)(H,55,56,57)(H,58,59,60). The predicted octanol–water partition coefficient (Wildman–Crippen LogP) is 4.31. The summed E-state index contributed by atoms with van der Waals surface area (Å²) in [5.74, 6) is -3.38. The first-order chi connectivity index (χ1) is 32.1. The highest BCUT2D eigenvalue weighted by atomic mass is 32.3. The minimum absolute atomic E-state index is 0.0419. The number of aromatic hydroxyl groups is 1. The zero-order valence-corrected chi connectivity index (χ0v) is 40.2. The summed E-state index contributed by atoms with van der Waals surface area (Å²) < 4.78 is 230. The van der Waals surface area contributed by atoms with E-state index in [1.54, 1.807) is 0 Å². The van der Waals surface area contributed by atoms with E-state index >= 15 is 0 Å². The fourth-order valence-electron chi connectivity index (χ4n) is 5.64. The Morgan fingerprint density at radius 2 is 0.971 bits per heavy atom. The summed E-state index contributed by atoms with van der Waals surface area (Å²) in [6.45, 7) is -2.00. The number of fused-ring (bicyclic) bond motifs is 1. The number of azo groups is 3. The lowest BCUT2D eigenvalue weighted by atomic mass is 10.1. The lowest BCUT2D eigenvalue weighted by molar-refractivity contribution is 0.282. The summed E-state index contributed by atoms with van der Waals surface area (Å²) in [5.41, 5.74) is 2.08. The van der Waals surface area contributed by atoms with E-state index in [1.807, 2.05) is 0 Å². The average Bonchev–Trinajstić information content (AvgIpc) is 3.22. The molecule has 0 saturated carbocycles. The van der Waals surface area contributed by atoms with Crippen LogP contribution in [0.2, 0.25) is 0 Å². The second kappa shape index (κ2) is 20.3. The number of sulfone groups is 2. The first-order valence-corrected chi connectivity index (χ1v) is 28.4. The molecule has 0 heterocycles. The molecule has 0 fully saturated rings. The molecule has 0 aliphatic carbocycles. The Balaban J connectivity index is 1.55. The lowest BCUT2D eigenvalue weighted by Crippen LogP contribution is -2.16. The number of rotatable bonds is 20. The Kier molecular flexibility index (Phi) is 15.9.